The largest absolute Gasteiger partial charge is 0.463 e. The molecule has 0 aliphatic carbocycles. The molecule has 7 nitrogen and oxygen atoms in total. The van der Waals surface area contributed by atoms with Crippen LogP contribution in [0, 0.1) is 0 Å². The Morgan fingerprint density at radius 1 is 1.06 bits per heavy atom. The smallest absolute Gasteiger partial charge is 0.254 e. The van der Waals surface area contributed by atoms with Crippen molar-refractivity contribution in [3.63, 3.8) is 0 Å². The van der Waals surface area contributed by atoms with E-state index >= 15 is 0 Å². The maximum absolute atomic E-state index is 12.4. The molecule has 0 unspecified atom stereocenters. The van der Waals surface area contributed by atoms with Gasteiger partial charge in [0.05, 0.1) is 27.8 Å². The van der Waals surface area contributed by atoms with Crippen molar-refractivity contribution in [1.29, 1.82) is 0 Å². The molecule has 6 rings (SSSR count). The minimum Gasteiger partial charge on any atom is -0.463 e. The number of furan rings is 1. The molecule has 33 heavy (non-hydrogen) atoms. The number of carbonyl (C=O) groups is 1. The Kier molecular flexibility index (Phi) is 4.13. The number of rotatable bonds is 3. The Morgan fingerprint density at radius 3 is 2.73 bits per heavy atom. The summed E-state index contributed by atoms with van der Waals surface area (Å²) in [6.07, 6.45) is 3.35. The van der Waals surface area contributed by atoms with Crippen LogP contribution in [0.5, 0.6) is 0 Å². The number of hydrogen-bond donors (Lipinski definition) is 1. The highest BCUT2D eigenvalue weighted by atomic mass is 16.3. The van der Waals surface area contributed by atoms with Crippen molar-refractivity contribution in [3.8, 4) is 11.3 Å². The highest BCUT2D eigenvalue weighted by Gasteiger charge is 2.19. The number of anilines is 1. The van der Waals surface area contributed by atoms with Crippen molar-refractivity contribution in [2.45, 2.75) is 0 Å². The Hall–Kier alpha value is -4.39. The summed E-state index contributed by atoms with van der Waals surface area (Å²) in [7, 11) is 5.57. The lowest BCUT2D eigenvalue weighted by Gasteiger charge is -2.18. The molecule has 162 valence electrons. The zero-order chi connectivity index (χ0) is 22.7. The third kappa shape index (κ3) is 2.86. The molecule has 1 amide bonds. The van der Waals surface area contributed by atoms with E-state index in [4.69, 9.17) is 9.40 Å². The van der Waals surface area contributed by atoms with Crippen LogP contribution in [0.2, 0.25) is 0 Å². The lowest BCUT2D eigenvalue weighted by molar-refractivity contribution is 0.0964. The number of fused-ring (bicyclic) bond motifs is 6. The van der Waals surface area contributed by atoms with E-state index in [-0.39, 0.29) is 5.91 Å². The minimum absolute atomic E-state index is 0.186. The van der Waals surface area contributed by atoms with Gasteiger partial charge in [0.15, 0.2) is 0 Å². The average Bonchev–Trinajstić information content (AvgIpc) is 3.43. The molecule has 0 saturated heterocycles. The number of amides is 1. The number of pyridine rings is 1. The van der Waals surface area contributed by atoms with E-state index < -0.39 is 0 Å². The van der Waals surface area contributed by atoms with Gasteiger partial charge in [0.25, 0.3) is 5.91 Å². The second-order valence-corrected chi connectivity index (χ2v) is 8.26. The number of hydrogen-bond acceptors (Lipinski definition) is 5. The molecule has 4 aromatic heterocycles. The second kappa shape index (κ2) is 7.06. The van der Waals surface area contributed by atoms with Gasteiger partial charge < -0.3 is 14.6 Å². The molecule has 0 spiro atoms. The SMILES string of the molecule is CNC(=O)c1coc2cc(N(C)C)c(-c3ccc4ncn5c6ccccc6cc5c4n3)cc12. The van der Waals surface area contributed by atoms with Crippen molar-refractivity contribution < 1.29 is 9.21 Å². The number of nitrogens with zero attached hydrogens (tertiary/aromatic N) is 4. The van der Waals surface area contributed by atoms with E-state index in [0.29, 0.717) is 11.1 Å². The van der Waals surface area contributed by atoms with Gasteiger partial charge in [-0.3, -0.25) is 9.20 Å². The molecule has 0 radical (unpaired) electrons. The Bertz CT molecular complexity index is 1710. The molecule has 7 heteroatoms. The average molecular weight is 435 g/mol. The molecule has 1 N–H and O–H groups in total. The molecule has 0 atom stereocenters. The Morgan fingerprint density at radius 2 is 1.91 bits per heavy atom. The number of para-hydroxylation sites is 1. The molecule has 2 aromatic carbocycles. The van der Waals surface area contributed by atoms with Gasteiger partial charge in [0.1, 0.15) is 23.7 Å². The normalized spacial score (nSPS) is 11.6. The topological polar surface area (TPSA) is 75.7 Å². The number of benzene rings is 2. The first-order valence-electron chi connectivity index (χ1n) is 10.7. The first-order valence-corrected chi connectivity index (χ1v) is 10.7. The highest BCUT2D eigenvalue weighted by Crippen LogP contribution is 2.36. The van der Waals surface area contributed by atoms with Gasteiger partial charge in [0.2, 0.25) is 0 Å². The van der Waals surface area contributed by atoms with Gasteiger partial charge in [-0.25, -0.2) is 9.97 Å². The predicted molar refractivity (Wildman–Crippen MR) is 131 cm³/mol. The van der Waals surface area contributed by atoms with E-state index in [0.717, 1.165) is 49.8 Å². The number of nitrogens with one attached hydrogen (secondary N) is 1. The molecule has 0 aliphatic rings. The lowest BCUT2D eigenvalue weighted by atomic mass is 10.0. The van der Waals surface area contributed by atoms with Crippen molar-refractivity contribution >= 4 is 50.0 Å². The van der Waals surface area contributed by atoms with Gasteiger partial charge in [0, 0.05) is 49.2 Å². The van der Waals surface area contributed by atoms with E-state index in [1.54, 1.807) is 7.05 Å². The zero-order valence-corrected chi connectivity index (χ0v) is 18.5. The highest BCUT2D eigenvalue weighted by molar-refractivity contribution is 6.08. The third-order valence-corrected chi connectivity index (χ3v) is 6.10. The van der Waals surface area contributed by atoms with E-state index in [2.05, 4.69) is 32.9 Å². The van der Waals surface area contributed by atoms with Crippen LogP contribution < -0.4 is 10.2 Å². The van der Waals surface area contributed by atoms with Crippen molar-refractivity contribution in [2.75, 3.05) is 26.0 Å². The fourth-order valence-electron chi connectivity index (χ4n) is 4.45. The van der Waals surface area contributed by atoms with E-state index in [1.807, 2.05) is 61.7 Å². The maximum Gasteiger partial charge on any atom is 0.254 e. The second-order valence-electron chi connectivity index (χ2n) is 8.26. The van der Waals surface area contributed by atoms with Crippen LogP contribution in [0.1, 0.15) is 10.4 Å². The van der Waals surface area contributed by atoms with Crippen molar-refractivity contribution in [2.24, 2.45) is 0 Å². The van der Waals surface area contributed by atoms with Crippen LogP contribution in [0.25, 0.3) is 49.7 Å². The van der Waals surface area contributed by atoms with E-state index in [1.165, 1.54) is 6.26 Å². The zero-order valence-electron chi connectivity index (χ0n) is 18.5. The predicted octanol–water partition coefficient (Wildman–Crippen LogP) is 4.87. The summed E-state index contributed by atoms with van der Waals surface area (Å²) >= 11 is 0. The molecule has 0 fully saturated rings. The van der Waals surface area contributed by atoms with Gasteiger partial charge in [-0.1, -0.05) is 18.2 Å². The first-order chi connectivity index (χ1) is 16.0. The number of aromatic nitrogens is 3. The minimum atomic E-state index is -0.186. The van der Waals surface area contributed by atoms with Crippen molar-refractivity contribution in [3.05, 3.63) is 72.8 Å². The Labute approximate surface area is 189 Å². The lowest BCUT2D eigenvalue weighted by Crippen LogP contribution is -2.17. The molecule has 0 bridgehead atoms. The summed E-state index contributed by atoms with van der Waals surface area (Å²) in [4.78, 5) is 24.1. The standard InChI is InChI=1S/C26H21N5O2/c1-27-26(32)18-13-33-24-12-22(30(2)3)17(11-16(18)24)19-8-9-20-25(29-19)23-10-15-6-4-5-7-21(15)31(23)14-28-20/h4-14H,1-3H3,(H,27,32). The first kappa shape index (κ1) is 19.3. The summed E-state index contributed by atoms with van der Waals surface area (Å²) in [5.41, 5.74) is 7.59. The molecule has 6 aromatic rings. The molecule has 4 heterocycles. The van der Waals surface area contributed by atoms with Gasteiger partial charge in [-0.15, -0.1) is 0 Å². The molecule has 0 aliphatic heterocycles. The van der Waals surface area contributed by atoms with Crippen LogP contribution in [-0.4, -0.2) is 41.4 Å². The number of carbonyl (C=O) groups excluding carboxylic acids is 1. The summed E-state index contributed by atoms with van der Waals surface area (Å²) in [5.74, 6) is -0.186. The van der Waals surface area contributed by atoms with Gasteiger partial charge in [-0.2, -0.15) is 0 Å². The summed E-state index contributed by atoms with van der Waals surface area (Å²) in [5, 5.41) is 4.57. The van der Waals surface area contributed by atoms with Crippen LogP contribution in [0.4, 0.5) is 5.69 Å². The quantitative estimate of drug-likeness (QED) is 0.429. The van der Waals surface area contributed by atoms with Gasteiger partial charge in [-0.05, 0) is 30.3 Å². The summed E-state index contributed by atoms with van der Waals surface area (Å²) in [6, 6.07) is 18.3. The summed E-state index contributed by atoms with van der Waals surface area (Å²) in [6.45, 7) is 0. The van der Waals surface area contributed by atoms with E-state index in [9.17, 15) is 4.79 Å². The fourth-order valence-corrected chi connectivity index (χ4v) is 4.45. The molecular weight excluding hydrogens is 414 g/mol. The van der Waals surface area contributed by atoms with Crippen LogP contribution >= 0.6 is 0 Å². The monoisotopic (exact) mass is 435 g/mol. The Balaban J connectivity index is 1.64. The third-order valence-electron chi connectivity index (χ3n) is 6.10. The van der Waals surface area contributed by atoms with Crippen LogP contribution in [-0.2, 0) is 0 Å². The molecular formula is C26H21N5O2. The fraction of sp³-hybridized carbons (Fsp3) is 0.115. The maximum atomic E-state index is 12.4. The van der Waals surface area contributed by atoms with Crippen molar-refractivity contribution in [1.82, 2.24) is 19.7 Å². The van der Waals surface area contributed by atoms with Crippen LogP contribution in [0.3, 0.4) is 0 Å². The molecule has 0 saturated carbocycles. The van der Waals surface area contributed by atoms with Gasteiger partial charge >= 0.3 is 0 Å². The summed E-state index contributed by atoms with van der Waals surface area (Å²) < 4.78 is 7.77. The van der Waals surface area contributed by atoms with Crippen LogP contribution in [0.15, 0.2) is 71.6 Å².